The van der Waals surface area contributed by atoms with Crippen molar-refractivity contribution < 1.29 is 23.1 Å². The Morgan fingerprint density at radius 1 is 1.25 bits per heavy atom. The first-order chi connectivity index (χ1) is 7.41. The second-order valence-electron chi connectivity index (χ2n) is 3.01. The van der Waals surface area contributed by atoms with E-state index in [1.165, 1.54) is 0 Å². The van der Waals surface area contributed by atoms with Crippen LogP contribution in [0, 0.1) is 17.5 Å². The lowest BCUT2D eigenvalue weighted by Crippen LogP contribution is -2.11. The van der Waals surface area contributed by atoms with Crippen LogP contribution in [0.25, 0.3) is 0 Å². The van der Waals surface area contributed by atoms with Crippen LogP contribution in [0.4, 0.5) is 13.2 Å². The van der Waals surface area contributed by atoms with Crippen LogP contribution in [-0.4, -0.2) is 11.1 Å². The number of hydrogen-bond acceptors (Lipinski definition) is 2. The Hall–Kier alpha value is -1.82. The lowest BCUT2D eigenvalue weighted by molar-refractivity contribution is -0.131. The molecule has 0 spiro atoms. The average molecular weight is 231 g/mol. The summed E-state index contributed by atoms with van der Waals surface area (Å²) in [6.45, 7) is 0. The van der Waals surface area contributed by atoms with E-state index in [1.807, 2.05) is 0 Å². The molecule has 1 atom stereocenters. The summed E-state index contributed by atoms with van der Waals surface area (Å²) in [7, 11) is 0. The first-order valence-corrected chi connectivity index (χ1v) is 4.23. The number of hydrogen-bond donors (Lipinski definition) is 2. The molecule has 0 amide bonds. The van der Waals surface area contributed by atoms with Gasteiger partial charge < -0.3 is 10.8 Å². The number of halogens is 3. The molecule has 1 rings (SSSR count). The van der Waals surface area contributed by atoms with E-state index < -0.39 is 29.5 Å². The highest BCUT2D eigenvalue weighted by Gasteiger charge is 2.13. The number of carbonyl (C=O) groups is 1. The second-order valence-corrected chi connectivity index (χ2v) is 3.01. The summed E-state index contributed by atoms with van der Waals surface area (Å²) in [4.78, 5) is 10.2. The predicted octanol–water partition coefficient (Wildman–Crippen LogP) is 1.74. The van der Waals surface area contributed by atoms with Gasteiger partial charge in [-0.05, 0) is 6.07 Å². The van der Waals surface area contributed by atoms with Crippen molar-refractivity contribution in [3.63, 3.8) is 0 Å². The average Bonchev–Trinajstić information content (AvgIpc) is 2.20. The van der Waals surface area contributed by atoms with Gasteiger partial charge in [-0.3, -0.25) is 0 Å². The third kappa shape index (κ3) is 2.83. The smallest absolute Gasteiger partial charge is 0.328 e. The third-order valence-electron chi connectivity index (χ3n) is 1.84. The topological polar surface area (TPSA) is 63.3 Å². The minimum absolute atomic E-state index is 0.309. The second kappa shape index (κ2) is 4.80. The van der Waals surface area contributed by atoms with Crippen LogP contribution in [0.2, 0.25) is 0 Å². The van der Waals surface area contributed by atoms with E-state index in [4.69, 9.17) is 10.8 Å². The molecule has 0 bridgehead atoms. The molecule has 3 N–H and O–H groups in total. The number of nitrogens with two attached hydrogens (primary N) is 1. The van der Waals surface area contributed by atoms with Crippen LogP contribution in [0.5, 0.6) is 0 Å². The minimum atomic E-state index is -1.32. The van der Waals surface area contributed by atoms with E-state index >= 15 is 0 Å². The number of benzene rings is 1. The quantitative estimate of drug-likeness (QED) is 0.615. The molecule has 0 saturated carbocycles. The molecule has 0 saturated heterocycles. The standard InChI is InChI=1S/C10H8F3NO2/c11-6-4-8(13)7(12)3-5(6)9(14)1-2-10(15)16/h1-4,9H,14H2,(H,15,16). The predicted molar refractivity (Wildman–Crippen MR) is 50.0 cm³/mol. The third-order valence-corrected chi connectivity index (χ3v) is 1.84. The molecule has 6 heteroatoms. The zero-order valence-corrected chi connectivity index (χ0v) is 7.95. The molecular weight excluding hydrogens is 223 g/mol. The molecule has 0 aliphatic rings. The van der Waals surface area contributed by atoms with E-state index in [-0.39, 0.29) is 5.56 Å². The van der Waals surface area contributed by atoms with Crippen molar-refractivity contribution >= 4 is 5.97 Å². The number of rotatable bonds is 3. The summed E-state index contributed by atoms with van der Waals surface area (Å²) >= 11 is 0. The Bertz CT molecular complexity index is 446. The van der Waals surface area contributed by atoms with Crippen molar-refractivity contribution in [1.82, 2.24) is 0 Å². The van der Waals surface area contributed by atoms with Crippen molar-refractivity contribution in [3.8, 4) is 0 Å². The van der Waals surface area contributed by atoms with Crippen LogP contribution in [0.15, 0.2) is 24.3 Å². The Morgan fingerprint density at radius 2 is 1.81 bits per heavy atom. The Labute approximate surface area is 89.0 Å². The maximum Gasteiger partial charge on any atom is 0.328 e. The SMILES string of the molecule is NC(C=CC(=O)O)c1cc(F)c(F)cc1F. The Morgan fingerprint density at radius 3 is 2.38 bits per heavy atom. The maximum atomic E-state index is 13.1. The van der Waals surface area contributed by atoms with Gasteiger partial charge in [-0.25, -0.2) is 18.0 Å². The van der Waals surface area contributed by atoms with Gasteiger partial charge in [-0.1, -0.05) is 6.08 Å². The Balaban J connectivity index is 3.04. The van der Waals surface area contributed by atoms with Crippen molar-refractivity contribution in [2.24, 2.45) is 5.73 Å². The van der Waals surface area contributed by atoms with Gasteiger partial charge in [-0.15, -0.1) is 0 Å². The molecule has 1 unspecified atom stereocenters. The molecule has 16 heavy (non-hydrogen) atoms. The van der Waals surface area contributed by atoms with Crippen molar-refractivity contribution in [1.29, 1.82) is 0 Å². The highest BCUT2D eigenvalue weighted by Crippen LogP contribution is 2.19. The van der Waals surface area contributed by atoms with Crippen molar-refractivity contribution in [3.05, 3.63) is 47.3 Å². The summed E-state index contributed by atoms with van der Waals surface area (Å²) in [6.07, 6.45) is 1.67. The first kappa shape index (κ1) is 12.3. The van der Waals surface area contributed by atoms with Gasteiger partial charge in [-0.2, -0.15) is 0 Å². The highest BCUT2D eigenvalue weighted by molar-refractivity contribution is 5.79. The minimum Gasteiger partial charge on any atom is -0.478 e. The molecule has 1 aromatic carbocycles. The molecule has 0 aliphatic carbocycles. The van der Waals surface area contributed by atoms with E-state index in [1.54, 1.807) is 0 Å². The van der Waals surface area contributed by atoms with E-state index in [9.17, 15) is 18.0 Å². The molecule has 1 aromatic rings. The lowest BCUT2D eigenvalue weighted by atomic mass is 10.1. The van der Waals surface area contributed by atoms with Crippen LogP contribution in [0.1, 0.15) is 11.6 Å². The van der Waals surface area contributed by atoms with Gasteiger partial charge in [0.05, 0.1) is 6.04 Å². The molecule has 0 aromatic heterocycles. The summed E-state index contributed by atoms with van der Waals surface area (Å²) in [5, 5.41) is 8.31. The largest absolute Gasteiger partial charge is 0.478 e. The molecule has 0 fully saturated rings. The monoisotopic (exact) mass is 231 g/mol. The summed E-state index contributed by atoms with van der Waals surface area (Å²) in [5.74, 6) is -4.86. The molecule has 86 valence electrons. The molecule has 0 heterocycles. The van der Waals surface area contributed by atoms with E-state index in [2.05, 4.69) is 0 Å². The summed E-state index contributed by atoms with van der Waals surface area (Å²) in [6, 6.07) is -0.188. The molecule has 0 aliphatic heterocycles. The zero-order valence-electron chi connectivity index (χ0n) is 7.95. The number of carboxylic acids is 1. The van der Waals surface area contributed by atoms with Crippen molar-refractivity contribution in [2.45, 2.75) is 6.04 Å². The van der Waals surface area contributed by atoms with E-state index in [0.29, 0.717) is 18.2 Å². The fraction of sp³-hybridized carbons (Fsp3) is 0.100. The molecular formula is C10H8F3NO2. The fourth-order valence-corrected chi connectivity index (χ4v) is 1.08. The number of aliphatic carboxylic acids is 1. The van der Waals surface area contributed by atoms with Gasteiger partial charge >= 0.3 is 5.97 Å². The lowest BCUT2D eigenvalue weighted by Gasteiger charge is -2.08. The number of carboxylic acid groups (broad SMARTS) is 1. The van der Waals surface area contributed by atoms with Crippen LogP contribution in [-0.2, 0) is 4.79 Å². The van der Waals surface area contributed by atoms with Crippen LogP contribution in [0.3, 0.4) is 0 Å². The molecule has 0 radical (unpaired) electrons. The van der Waals surface area contributed by atoms with Crippen LogP contribution < -0.4 is 5.73 Å². The van der Waals surface area contributed by atoms with Gasteiger partial charge in [0.15, 0.2) is 11.6 Å². The zero-order chi connectivity index (χ0) is 12.3. The summed E-state index contributed by atoms with van der Waals surface area (Å²) < 4.78 is 38.5. The van der Waals surface area contributed by atoms with Crippen LogP contribution >= 0.6 is 0 Å². The van der Waals surface area contributed by atoms with Gasteiger partial charge in [0.2, 0.25) is 0 Å². The fourth-order valence-electron chi connectivity index (χ4n) is 1.08. The maximum absolute atomic E-state index is 13.1. The van der Waals surface area contributed by atoms with Gasteiger partial charge in [0, 0.05) is 17.7 Å². The Kier molecular flexibility index (Phi) is 3.68. The van der Waals surface area contributed by atoms with Crippen molar-refractivity contribution in [2.75, 3.05) is 0 Å². The highest BCUT2D eigenvalue weighted by atomic mass is 19.2. The molecule has 3 nitrogen and oxygen atoms in total. The summed E-state index contributed by atoms with van der Waals surface area (Å²) in [5.41, 5.74) is 5.07. The van der Waals surface area contributed by atoms with Gasteiger partial charge in [0.25, 0.3) is 0 Å². The van der Waals surface area contributed by atoms with Gasteiger partial charge in [0.1, 0.15) is 5.82 Å². The van der Waals surface area contributed by atoms with E-state index in [0.717, 1.165) is 6.08 Å². The first-order valence-electron chi connectivity index (χ1n) is 4.23. The normalized spacial score (nSPS) is 13.0.